The molecule has 0 unspecified atom stereocenters. The number of halogens is 1. The van der Waals surface area contributed by atoms with Crippen molar-refractivity contribution in [2.45, 2.75) is 32.6 Å². The van der Waals surface area contributed by atoms with Gasteiger partial charge in [-0.15, -0.1) is 11.3 Å². The number of esters is 1. The standard InChI is InChI=1S/C19H22ClNO3S/c1-14-2-4-15(5-3-14)6-10-18(22)21-12-13-24-19(23)11-8-16-7-9-17(20)25-16/h2-5,7,9H,6,8,10-13H2,1H3,(H,21,22). The molecule has 0 atom stereocenters. The Morgan fingerprint density at radius 3 is 2.52 bits per heavy atom. The molecule has 0 fully saturated rings. The van der Waals surface area contributed by atoms with Gasteiger partial charge >= 0.3 is 5.97 Å². The van der Waals surface area contributed by atoms with Crippen LogP contribution in [0.3, 0.4) is 0 Å². The summed E-state index contributed by atoms with van der Waals surface area (Å²) in [6.45, 7) is 2.57. The first-order chi connectivity index (χ1) is 12.0. The molecule has 0 spiro atoms. The van der Waals surface area contributed by atoms with E-state index < -0.39 is 0 Å². The first-order valence-electron chi connectivity index (χ1n) is 8.25. The van der Waals surface area contributed by atoms with Gasteiger partial charge in [-0.1, -0.05) is 41.4 Å². The highest BCUT2D eigenvalue weighted by molar-refractivity contribution is 7.16. The van der Waals surface area contributed by atoms with E-state index in [9.17, 15) is 9.59 Å². The van der Waals surface area contributed by atoms with Crippen molar-refractivity contribution in [1.82, 2.24) is 5.32 Å². The fourth-order valence-corrected chi connectivity index (χ4v) is 3.33. The van der Waals surface area contributed by atoms with Crippen LogP contribution in [0.15, 0.2) is 36.4 Å². The minimum atomic E-state index is -0.265. The maximum atomic E-state index is 11.8. The maximum Gasteiger partial charge on any atom is 0.306 e. The first-order valence-corrected chi connectivity index (χ1v) is 9.44. The van der Waals surface area contributed by atoms with Crippen molar-refractivity contribution in [3.05, 3.63) is 56.7 Å². The van der Waals surface area contributed by atoms with Crippen LogP contribution in [-0.2, 0) is 27.2 Å². The number of carbonyl (C=O) groups excluding carboxylic acids is 2. The van der Waals surface area contributed by atoms with E-state index in [4.69, 9.17) is 16.3 Å². The molecule has 2 rings (SSSR count). The van der Waals surface area contributed by atoms with Gasteiger partial charge in [0.15, 0.2) is 0 Å². The molecule has 25 heavy (non-hydrogen) atoms. The van der Waals surface area contributed by atoms with Crippen LogP contribution in [0, 0.1) is 6.92 Å². The first kappa shape index (κ1) is 19.5. The summed E-state index contributed by atoms with van der Waals surface area (Å²) >= 11 is 7.31. The van der Waals surface area contributed by atoms with Crippen molar-refractivity contribution < 1.29 is 14.3 Å². The van der Waals surface area contributed by atoms with Gasteiger partial charge in [0.25, 0.3) is 0 Å². The van der Waals surface area contributed by atoms with Gasteiger partial charge in [0.2, 0.25) is 5.91 Å². The largest absolute Gasteiger partial charge is 0.464 e. The lowest BCUT2D eigenvalue weighted by molar-refractivity contribution is -0.143. The minimum Gasteiger partial charge on any atom is -0.464 e. The Labute approximate surface area is 157 Å². The van der Waals surface area contributed by atoms with Crippen molar-refractivity contribution in [3.63, 3.8) is 0 Å². The third-order valence-electron chi connectivity index (χ3n) is 3.65. The zero-order valence-electron chi connectivity index (χ0n) is 14.2. The van der Waals surface area contributed by atoms with E-state index in [1.165, 1.54) is 16.9 Å². The molecule has 1 amide bonds. The summed E-state index contributed by atoms with van der Waals surface area (Å²) in [6, 6.07) is 11.9. The van der Waals surface area contributed by atoms with Crippen molar-refractivity contribution >= 4 is 34.8 Å². The van der Waals surface area contributed by atoms with Crippen LogP contribution in [0.4, 0.5) is 0 Å². The van der Waals surface area contributed by atoms with Crippen molar-refractivity contribution in [3.8, 4) is 0 Å². The summed E-state index contributed by atoms with van der Waals surface area (Å²) in [6.07, 6.45) is 2.07. The van der Waals surface area contributed by atoms with Crippen LogP contribution in [0.1, 0.15) is 28.8 Å². The molecule has 0 aliphatic carbocycles. The summed E-state index contributed by atoms with van der Waals surface area (Å²) in [5, 5.41) is 2.77. The predicted octanol–water partition coefficient (Wildman–Crippen LogP) is 3.93. The number of thiophene rings is 1. The molecule has 0 bridgehead atoms. The third kappa shape index (κ3) is 7.71. The summed E-state index contributed by atoms with van der Waals surface area (Å²) < 4.78 is 5.83. The SMILES string of the molecule is Cc1ccc(CCC(=O)NCCOC(=O)CCc2ccc(Cl)s2)cc1. The lowest BCUT2D eigenvalue weighted by atomic mass is 10.1. The average Bonchev–Trinajstić information content (AvgIpc) is 3.02. The van der Waals surface area contributed by atoms with Crippen molar-refractivity contribution in [1.29, 1.82) is 0 Å². The van der Waals surface area contributed by atoms with Crippen LogP contribution in [0.25, 0.3) is 0 Å². The van der Waals surface area contributed by atoms with E-state index in [1.54, 1.807) is 0 Å². The zero-order valence-corrected chi connectivity index (χ0v) is 15.8. The summed E-state index contributed by atoms with van der Waals surface area (Å²) in [5.74, 6) is -0.303. The lowest BCUT2D eigenvalue weighted by Crippen LogP contribution is -2.28. The Morgan fingerprint density at radius 2 is 1.84 bits per heavy atom. The average molecular weight is 380 g/mol. The fourth-order valence-electron chi connectivity index (χ4n) is 2.24. The number of aryl methyl sites for hydroxylation is 3. The normalized spacial score (nSPS) is 10.5. The van der Waals surface area contributed by atoms with Gasteiger partial charge in [-0.05, 0) is 37.5 Å². The summed E-state index contributed by atoms with van der Waals surface area (Å²) in [4.78, 5) is 24.5. The molecule has 1 aromatic heterocycles. The number of amides is 1. The fraction of sp³-hybridized carbons (Fsp3) is 0.368. The second-order valence-corrected chi connectivity index (χ2v) is 7.56. The highest BCUT2D eigenvalue weighted by atomic mass is 35.5. The molecule has 0 aliphatic rings. The monoisotopic (exact) mass is 379 g/mol. The molecule has 4 nitrogen and oxygen atoms in total. The molecular weight excluding hydrogens is 358 g/mol. The van der Waals surface area contributed by atoms with Gasteiger partial charge < -0.3 is 10.1 Å². The molecule has 0 saturated carbocycles. The van der Waals surface area contributed by atoms with E-state index in [0.29, 0.717) is 32.2 Å². The van der Waals surface area contributed by atoms with Crippen LogP contribution < -0.4 is 5.32 Å². The van der Waals surface area contributed by atoms with Gasteiger partial charge in [0.05, 0.1) is 17.3 Å². The quantitative estimate of drug-likeness (QED) is 0.530. The number of hydrogen-bond donors (Lipinski definition) is 1. The number of benzene rings is 1. The van der Waals surface area contributed by atoms with E-state index in [0.717, 1.165) is 14.8 Å². The van der Waals surface area contributed by atoms with Crippen molar-refractivity contribution in [2.24, 2.45) is 0 Å². The molecule has 0 aliphatic heterocycles. The van der Waals surface area contributed by atoms with Gasteiger partial charge in [0, 0.05) is 11.3 Å². The minimum absolute atomic E-state index is 0.0372. The molecule has 1 aromatic carbocycles. The Morgan fingerprint density at radius 1 is 1.08 bits per heavy atom. The Kier molecular flexibility index (Phi) is 7.95. The highest BCUT2D eigenvalue weighted by Gasteiger charge is 2.06. The predicted molar refractivity (Wildman–Crippen MR) is 101 cm³/mol. The van der Waals surface area contributed by atoms with E-state index in [2.05, 4.69) is 5.32 Å². The van der Waals surface area contributed by atoms with Gasteiger partial charge in [-0.2, -0.15) is 0 Å². The lowest BCUT2D eigenvalue weighted by Gasteiger charge is -2.07. The van der Waals surface area contributed by atoms with Crippen molar-refractivity contribution in [2.75, 3.05) is 13.2 Å². The molecule has 1 heterocycles. The number of rotatable bonds is 9. The van der Waals surface area contributed by atoms with Crippen LogP contribution in [0.2, 0.25) is 4.34 Å². The molecule has 0 radical (unpaired) electrons. The number of carbonyl (C=O) groups is 2. The zero-order chi connectivity index (χ0) is 18.1. The summed E-state index contributed by atoms with van der Waals surface area (Å²) in [5.41, 5.74) is 2.35. The van der Waals surface area contributed by atoms with Gasteiger partial charge in [-0.3, -0.25) is 9.59 Å². The maximum absolute atomic E-state index is 11.8. The Hall–Kier alpha value is -1.85. The smallest absolute Gasteiger partial charge is 0.306 e. The molecule has 134 valence electrons. The van der Waals surface area contributed by atoms with Crippen LogP contribution in [-0.4, -0.2) is 25.0 Å². The van der Waals surface area contributed by atoms with Gasteiger partial charge in [-0.25, -0.2) is 0 Å². The number of hydrogen-bond acceptors (Lipinski definition) is 4. The Bertz CT molecular complexity index is 697. The second kappa shape index (κ2) is 10.2. The van der Waals surface area contributed by atoms with E-state index in [1.807, 2.05) is 43.3 Å². The highest BCUT2D eigenvalue weighted by Crippen LogP contribution is 2.22. The van der Waals surface area contributed by atoms with E-state index in [-0.39, 0.29) is 18.5 Å². The second-order valence-electron chi connectivity index (χ2n) is 5.76. The number of ether oxygens (including phenoxy) is 1. The van der Waals surface area contributed by atoms with Crippen LogP contribution >= 0.6 is 22.9 Å². The molecule has 2 aromatic rings. The Balaban J connectivity index is 1.53. The van der Waals surface area contributed by atoms with Gasteiger partial charge in [0.1, 0.15) is 6.61 Å². The third-order valence-corrected chi connectivity index (χ3v) is 4.94. The van der Waals surface area contributed by atoms with E-state index >= 15 is 0 Å². The van der Waals surface area contributed by atoms with Crippen LogP contribution in [0.5, 0.6) is 0 Å². The summed E-state index contributed by atoms with van der Waals surface area (Å²) in [7, 11) is 0. The molecular formula is C19H22ClNO3S. The molecule has 6 heteroatoms. The number of nitrogens with one attached hydrogen (secondary N) is 1. The topological polar surface area (TPSA) is 55.4 Å². The molecule has 0 saturated heterocycles. The molecule has 1 N–H and O–H groups in total.